The van der Waals surface area contributed by atoms with Crippen LogP contribution in [-0.2, 0) is 11.8 Å². The number of aromatic nitrogens is 2. The van der Waals surface area contributed by atoms with E-state index < -0.39 is 0 Å². The highest BCUT2D eigenvalue weighted by atomic mass is 16.2. The molecule has 3 rings (SSSR count). The predicted molar refractivity (Wildman–Crippen MR) is 108 cm³/mol. The lowest BCUT2D eigenvalue weighted by atomic mass is 9.79. The number of carbonyl (C=O) groups excluding carboxylic acids is 1. The molecule has 1 aromatic rings. The van der Waals surface area contributed by atoms with Crippen molar-refractivity contribution in [1.82, 2.24) is 15.1 Å². The van der Waals surface area contributed by atoms with Crippen molar-refractivity contribution < 1.29 is 4.79 Å². The van der Waals surface area contributed by atoms with Gasteiger partial charge in [0.15, 0.2) is 0 Å². The van der Waals surface area contributed by atoms with Crippen LogP contribution in [0, 0.1) is 17.8 Å². The average Bonchev–Trinajstić information content (AvgIpc) is 3.16. The predicted octanol–water partition coefficient (Wildman–Crippen LogP) is 2.72. The summed E-state index contributed by atoms with van der Waals surface area (Å²) in [5.74, 6) is 1.74. The van der Waals surface area contributed by atoms with Crippen LogP contribution in [0.4, 0.5) is 5.69 Å². The molecule has 0 unspecified atom stereocenters. The number of hydrogen-bond acceptors (Lipinski definition) is 4. The smallest absolute Gasteiger partial charge is 0.268 e. The van der Waals surface area contributed by atoms with E-state index in [1.165, 1.54) is 36.8 Å². The molecule has 6 heteroatoms. The van der Waals surface area contributed by atoms with Crippen LogP contribution >= 0.6 is 0 Å². The maximum absolute atomic E-state index is 12.5. The van der Waals surface area contributed by atoms with Gasteiger partial charge in [0, 0.05) is 38.7 Å². The lowest BCUT2D eigenvalue weighted by molar-refractivity contribution is -0.126. The highest BCUT2D eigenvalue weighted by molar-refractivity contribution is 5.78. The molecular weight excluding hydrogens is 340 g/mol. The van der Waals surface area contributed by atoms with E-state index >= 15 is 0 Å². The van der Waals surface area contributed by atoms with Crippen molar-refractivity contribution in [3.63, 3.8) is 0 Å². The SMILES string of the molecule is CCCCC1CCC(C(=O)NC[C@H]2CCN(c3cnn(C)c(=O)c3)C2)CC1. The Morgan fingerprint density at radius 2 is 2.00 bits per heavy atom. The summed E-state index contributed by atoms with van der Waals surface area (Å²) in [4.78, 5) is 26.5. The molecule has 0 aromatic carbocycles. The van der Waals surface area contributed by atoms with E-state index in [9.17, 15) is 9.59 Å². The Labute approximate surface area is 162 Å². The maximum Gasteiger partial charge on any atom is 0.268 e. The average molecular weight is 375 g/mol. The molecule has 0 radical (unpaired) electrons. The molecular formula is C21H34N4O2. The van der Waals surface area contributed by atoms with Crippen LogP contribution in [0.15, 0.2) is 17.1 Å². The van der Waals surface area contributed by atoms with Crippen molar-refractivity contribution in [2.45, 2.75) is 58.3 Å². The minimum absolute atomic E-state index is 0.0845. The molecule has 1 aliphatic heterocycles. The van der Waals surface area contributed by atoms with Gasteiger partial charge in [0.1, 0.15) is 0 Å². The monoisotopic (exact) mass is 374 g/mol. The third kappa shape index (κ3) is 5.33. The summed E-state index contributed by atoms with van der Waals surface area (Å²) in [5, 5.41) is 7.30. The standard InChI is InChI=1S/C21H34N4O2/c1-3-4-5-16-6-8-18(9-7-16)21(27)22-13-17-10-11-25(15-17)19-12-20(26)24(2)23-14-19/h12,14,16-18H,3-11,13,15H2,1-2H3,(H,22,27)/t16?,17-,18?/m1/s1. The van der Waals surface area contributed by atoms with Gasteiger partial charge in [-0.1, -0.05) is 26.2 Å². The van der Waals surface area contributed by atoms with Gasteiger partial charge in [0.2, 0.25) is 5.91 Å². The lowest BCUT2D eigenvalue weighted by Gasteiger charge is -2.28. The first-order valence-corrected chi connectivity index (χ1v) is 10.6. The van der Waals surface area contributed by atoms with E-state index in [2.05, 4.69) is 22.2 Å². The fraction of sp³-hybridized carbons (Fsp3) is 0.762. The molecule has 27 heavy (non-hydrogen) atoms. The molecule has 1 atom stereocenters. The third-order valence-corrected chi connectivity index (χ3v) is 6.35. The molecule has 1 saturated carbocycles. The van der Waals surface area contributed by atoms with E-state index in [4.69, 9.17) is 0 Å². The first-order valence-electron chi connectivity index (χ1n) is 10.6. The topological polar surface area (TPSA) is 67.2 Å². The Balaban J connectivity index is 1.40. The van der Waals surface area contributed by atoms with E-state index in [1.54, 1.807) is 19.3 Å². The van der Waals surface area contributed by atoms with Crippen LogP contribution < -0.4 is 15.8 Å². The highest BCUT2D eigenvalue weighted by Gasteiger charge is 2.28. The van der Waals surface area contributed by atoms with Crippen molar-refractivity contribution in [2.24, 2.45) is 24.8 Å². The van der Waals surface area contributed by atoms with Gasteiger partial charge in [-0.25, -0.2) is 4.68 Å². The molecule has 2 aliphatic rings. The largest absolute Gasteiger partial charge is 0.370 e. The summed E-state index contributed by atoms with van der Waals surface area (Å²) < 4.78 is 1.34. The van der Waals surface area contributed by atoms with Gasteiger partial charge in [-0.15, -0.1) is 0 Å². The van der Waals surface area contributed by atoms with E-state index in [0.29, 0.717) is 5.92 Å². The minimum Gasteiger partial charge on any atom is -0.370 e. The summed E-state index contributed by atoms with van der Waals surface area (Å²) in [6.45, 7) is 4.78. The van der Waals surface area contributed by atoms with Gasteiger partial charge in [-0.3, -0.25) is 9.59 Å². The number of hydrogen-bond donors (Lipinski definition) is 1. The summed E-state index contributed by atoms with van der Waals surface area (Å²) >= 11 is 0. The molecule has 2 fully saturated rings. The van der Waals surface area contributed by atoms with Gasteiger partial charge < -0.3 is 10.2 Å². The number of aryl methyl sites for hydroxylation is 1. The van der Waals surface area contributed by atoms with Gasteiger partial charge in [-0.2, -0.15) is 5.10 Å². The molecule has 0 spiro atoms. The van der Waals surface area contributed by atoms with Crippen LogP contribution in [0.3, 0.4) is 0 Å². The van der Waals surface area contributed by atoms with Crippen molar-refractivity contribution in [3.05, 3.63) is 22.6 Å². The molecule has 0 bridgehead atoms. The Morgan fingerprint density at radius 1 is 1.22 bits per heavy atom. The Kier molecular flexibility index (Phi) is 6.91. The fourth-order valence-corrected chi connectivity index (χ4v) is 4.46. The number of nitrogens with one attached hydrogen (secondary N) is 1. The minimum atomic E-state index is -0.0845. The van der Waals surface area contributed by atoms with E-state index in [-0.39, 0.29) is 17.4 Å². The fourth-order valence-electron chi connectivity index (χ4n) is 4.46. The number of carbonyl (C=O) groups is 1. The molecule has 1 aliphatic carbocycles. The van der Waals surface area contributed by atoms with E-state index in [1.807, 2.05) is 0 Å². The van der Waals surface area contributed by atoms with Crippen LogP contribution in [0.5, 0.6) is 0 Å². The van der Waals surface area contributed by atoms with Crippen molar-refractivity contribution in [3.8, 4) is 0 Å². The van der Waals surface area contributed by atoms with Crippen LogP contribution in [0.1, 0.15) is 58.3 Å². The summed E-state index contributed by atoms with van der Waals surface area (Å²) in [6.07, 6.45) is 11.2. The second kappa shape index (κ2) is 9.38. The summed E-state index contributed by atoms with van der Waals surface area (Å²) in [5.41, 5.74) is 0.802. The van der Waals surface area contributed by atoms with Crippen molar-refractivity contribution >= 4 is 11.6 Å². The first-order chi connectivity index (χ1) is 13.1. The first kappa shape index (κ1) is 19.9. The zero-order valence-electron chi connectivity index (χ0n) is 16.8. The molecule has 1 amide bonds. The quantitative estimate of drug-likeness (QED) is 0.797. The summed E-state index contributed by atoms with van der Waals surface area (Å²) in [6, 6.07) is 1.64. The number of rotatable bonds is 7. The van der Waals surface area contributed by atoms with Crippen molar-refractivity contribution in [1.29, 1.82) is 0 Å². The second-order valence-corrected chi connectivity index (χ2v) is 8.38. The van der Waals surface area contributed by atoms with Crippen LogP contribution in [0.2, 0.25) is 0 Å². The normalized spacial score (nSPS) is 25.6. The van der Waals surface area contributed by atoms with Gasteiger partial charge in [-0.05, 0) is 43.9 Å². The third-order valence-electron chi connectivity index (χ3n) is 6.35. The number of nitrogens with zero attached hydrogens (tertiary/aromatic N) is 3. The number of amides is 1. The Morgan fingerprint density at radius 3 is 2.70 bits per heavy atom. The molecule has 1 saturated heterocycles. The summed E-state index contributed by atoms with van der Waals surface area (Å²) in [7, 11) is 1.66. The number of unbranched alkanes of at least 4 members (excludes halogenated alkanes) is 1. The number of anilines is 1. The van der Waals surface area contributed by atoms with Crippen LogP contribution in [-0.4, -0.2) is 35.3 Å². The van der Waals surface area contributed by atoms with Crippen molar-refractivity contribution in [2.75, 3.05) is 24.5 Å². The second-order valence-electron chi connectivity index (χ2n) is 8.38. The molecule has 1 N–H and O–H groups in total. The molecule has 2 heterocycles. The van der Waals surface area contributed by atoms with Gasteiger partial charge in [0.25, 0.3) is 5.56 Å². The Hall–Kier alpha value is -1.85. The maximum atomic E-state index is 12.5. The van der Waals surface area contributed by atoms with E-state index in [0.717, 1.165) is 50.5 Å². The zero-order chi connectivity index (χ0) is 19.2. The molecule has 1 aromatic heterocycles. The zero-order valence-corrected chi connectivity index (χ0v) is 16.8. The van der Waals surface area contributed by atoms with Gasteiger partial charge >= 0.3 is 0 Å². The highest BCUT2D eigenvalue weighted by Crippen LogP contribution is 2.32. The van der Waals surface area contributed by atoms with Gasteiger partial charge in [0.05, 0.1) is 11.9 Å². The molecule has 150 valence electrons. The van der Waals surface area contributed by atoms with Crippen LogP contribution in [0.25, 0.3) is 0 Å². The Bertz CT molecular complexity index is 679. The lowest BCUT2D eigenvalue weighted by Crippen LogP contribution is -2.37. The molecule has 6 nitrogen and oxygen atoms in total.